The Labute approximate surface area is 105 Å². The van der Waals surface area contributed by atoms with Crippen molar-refractivity contribution in [2.45, 2.75) is 20.3 Å². The van der Waals surface area contributed by atoms with E-state index in [1.165, 1.54) is 12.1 Å². The lowest BCUT2D eigenvalue weighted by molar-refractivity contribution is -0.0722. The molecular weight excluding hydrogens is 236 g/mol. The number of aryl methyl sites for hydroxylation is 1. The molecule has 0 aliphatic carbocycles. The molecule has 1 unspecified atom stereocenters. The molecule has 98 valence electrons. The summed E-state index contributed by atoms with van der Waals surface area (Å²) in [4.78, 5) is 11.7. The standard InChI is InChI=1S/C12H16N2O4/c1-4-17-10-6-5-8(2)7-9(10)14-12(15)18-11(13-14)16-3/h5-7,11,13H,4H2,1-3H3. The van der Waals surface area contributed by atoms with Crippen molar-refractivity contribution in [1.82, 2.24) is 5.43 Å². The molecule has 0 bridgehead atoms. The van der Waals surface area contributed by atoms with E-state index >= 15 is 0 Å². The fourth-order valence-electron chi connectivity index (χ4n) is 1.68. The lowest BCUT2D eigenvalue weighted by Crippen LogP contribution is -2.38. The van der Waals surface area contributed by atoms with Crippen molar-refractivity contribution in [3.8, 4) is 5.75 Å². The van der Waals surface area contributed by atoms with Gasteiger partial charge in [0.2, 0.25) is 0 Å². The number of carbonyl (C=O) groups is 1. The van der Waals surface area contributed by atoms with Gasteiger partial charge in [0.15, 0.2) is 0 Å². The average molecular weight is 252 g/mol. The van der Waals surface area contributed by atoms with Gasteiger partial charge in [0.05, 0.1) is 6.61 Å². The van der Waals surface area contributed by atoms with E-state index in [4.69, 9.17) is 14.2 Å². The van der Waals surface area contributed by atoms with Gasteiger partial charge in [-0.1, -0.05) is 6.07 Å². The number of hydrogen-bond acceptors (Lipinski definition) is 5. The zero-order valence-electron chi connectivity index (χ0n) is 10.6. The summed E-state index contributed by atoms with van der Waals surface area (Å²) in [5, 5.41) is 1.28. The maximum atomic E-state index is 11.7. The molecule has 1 saturated heterocycles. The molecule has 1 fully saturated rings. The summed E-state index contributed by atoms with van der Waals surface area (Å²) >= 11 is 0. The molecule has 1 atom stereocenters. The summed E-state index contributed by atoms with van der Waals surface area (Å²) in [6, 6.07) is 5.59. The van der Waals surface area contributed by atoms with Crippen LogP contribution in [0.2, 0.25) is 0 Å². The first-order valence-electron chi connectivity index (χ1n) is 5.69. The summed E-state index contributed by atoms with van der Waals surface area (Å²) in [6.45, 7) is 4.35. The number of nitrogens with one attached hydrogen (secondary N) is 1. The zero-order valence-corrected chi connectivity index (χ0v) is 10.6. The summed E-state index contributed by atoms with van der Waals surface area (Å²) in [5.41, 5.74) is 4.42. The second-order valence-corrected chi connectivity index (χ2v) is 3.82. The van der Waals surface area contributed by atoms with Gasteiger partial charge in [0.1, 0.15) is 11.4 Å². The zero-order chi connectivity index (χ0) is 13.1. The van der Waals surface area contributed by atoms with Gasteiger partial charge in [-0.25, -0.2) is 9.80 Å². The summed E-state index contributed by atoms with van der Waals surface area (Å²) < 4.78 is 15.4. The third-order valence-electron chi connectivity index (χ3n) is 2.49. The Morgan fingerprint density at radius 3 is 2.89 bits per heavy atom. The Kier molecular flexibility index (Phi) is 3.69. The maximum absolute atomic E-state index is 11.7. The summed E-state index contributed by atoms with van der Waals surface area (Å²) in [6.07, 6.45) is -1.29. The predicted octanol–water partition coefficient (Wildman–Crippen LogP) is 1.78. The molecule has 1 heterocycles. The second-order valence-electron chi connectivity index (χ2n) is 3.82. The van der Waals surface area contributed by atoms with Crippen molar-refractivity contribution in [3.63, 3.8) is 0 Å². The van der Waals surface area contributed by atoms with Gasteiger partial charge in [-0.2, -0.15) is 5.43 Å². The van der Waals surface area contributed by atoms with E-state index < -0.39 is 12.5 Å². The predicted molar refractivity (Wildman–Crippen MR) is 65.2 cm³/mol. The van der Waals surface area contributed by atoms with Crippen LogP contribution in [0.25, 0.3) is 0 Å². The van der Waals surface area contributed by atoms with E-state index in [0.717, 1.165) is 5.56 Å². The van der Waals surface area contributed by atoms with Crippen molar-refractivity contribution >= 4 is 11.8 Å². The highest BCUT2D eigenvalue weighted by Crippen LogP contribution is 2.30. The molecule has 6 heteroatoms. The number of cyclic esters (lactones) is 1. The van der Waals surface area contributed by atoms with E-state index in [9.17, 15) is 4.79 Å². The first kappa shape index (κ1) is 12.7. The second kappa shape index (κ2) is 5.24. The number of ether oxygens (including phenoxy) is 3. The number of carbonyl (C=O) groups excluding carboxylic acids is 1. The minimum atomic E-state index is -0.771. The van der Waals surface area contributed by atoms with Gasteiger partial charge in [-0.3, -0.25) is 0 Å². The average Bonchev–Trinajstić information content (AvgIpc) is 2.73. The normalized spacial score (nSPS) is 18.9. The van der Waals surface area contributed by atoms with E-state index in [1.54, 1.807) is 0 Å². The smallest absolute Gasteiger partial charge is 0.432 e. The first-order chi connectivity index (χ1) is 8.65. The number of hydrogen-bond donors (Lipinski definition) is 1. The maximum Gasteiger partial charge on any atom is 0.432 e. The fourth-order valence-corrected chi connectivity index (χ4v) is 1.68. The Hall–Kier alpha value is -1.79. The summed E-state index contributed by atoms with van der Waals surface area (Å²) in [5.74, 6) is 0.615. The molecule has 2 rings (SSSR count). The Bertz CT molecular complexity index is 450. The van der Waals surface area contributed by atoms with Crippen molar-refractivity contribution in [2.75, 3.05) is 18.7 Å². The van der Waals surface area contributed by atoms with Gasteiger partial charge < -0.3 is 14.2 Å². The van der Waals surface area contributed by atoms with Crippen LogP contribution >= 0.6 is 0 Å². The van der Waals surface area contributed by atoms with Crippen LogP contribution in [-0.2, 0) is 9.47 Å². The molecule has 1 N–H and O–H groups in total. The lowest BCUT2D eigenvalue weighted by atomic mass is 10.2. The topological polar surface area (TPSA) is 60.0 Å². The van der Waals surface area contributed by atoms with Crippen LogP contribution in [0.3, 0.4) is 0 Å². The van der Waals surface area contributed by atoms with Gasteiger partial charge in [-0.05, 0) is 31.5 Å². The lowest BCUT2D eigenvalue weighted by Gasteiger charge is -2.17. The Morgan fingerprint density at radius 1 is 1.50 bits per heavy atom. The highest BCUT2D eigenvalue weighted by Gasteiger charge is 2.33. The number of rotatable bonds is 4. The number of anilines is 1. The van der Waals surface area contributed by atoms with Crippen LogP contribution in [0.5, 0.6) is 5.75 Å². The van der Waals surface area contributed by atoms with Crippen molar-refractivity contribution in [2.24, 2.45) is 0 Å². The molecule has 18 heavy (non-hydrogen) atoms. The third-order valence-corrected chi connectivity index (χ3v) is 2.49. The van der Waals surface area contributed by atoms with Crippen LogP contribution in [0.1, 0.15) is 12.5 Å². The first-order valence-corrected chi connectivity index (χ1v) is 5.69. The van der Waals surface area contributed by atoms with Crippen LogP contribution < -0.4 is 15.2 Å². The molecular formula is C12H16N2O4. The van der Waals surface area contributed by atoms with Crippen molar-refractivity contribution in [1.29, 1.82) is 0 Å². The molecule has 0 radical (unpaired) electrons. The van der Waals surface area contributed by atoms with E-state index in [1.807, 2.05) is 32.0 Å². The molecule has 1 aliphatic rings. The van der Waals surface area contributed by atoms with Gasteiger partial charge in [0, 0.05) is 7.11 Å². The highest BCUT2D eigenvalue weighted by molar-refractivity contribution is 5.90. The SMILES string of the molecule is CCOc1ccc(C)cc1N1NC(OC)OC1=O. The van der Waals surface area contributed by atoms with Crippen LogP contribution in [0.4, 0.5) is 10.5 Å². The number of nitrogens with zero attached hydrogens (tertiary/aromatic N) is 1. The minimum Gasteiger partial charge on any atom is -0.492 e. The van der Waals surface area contributed by atoms with Gasteiger partial charge in [0.25, 0.3) is 6.41 Å². The van der Waals surface area contributed by atoms with Crippen LogP contribution in [0, 0.1) is 6.92 Å². The van der Waals surface area contributed by atoms with Crippen LogP contribution in [-0.4, -0.2) is 26.2 Å². The van der Waals surface area contributed by atoms with E-state index in [-0.39, 0.29) is 0 Å². The van der Waals surface area contributed by atoms with Crippen molar-refractivity contribution < 1.29 is 19.0 Å². The van der Waals surface area contributed by atoms with Crippen LogP contribution in [0.15, 0.2) is 18.2 Å². The molecule has 1 aromatic rings. The molecule has 6 nitrogen and oxygen atoms in total. The van der Waals surface area contributed by atoms with Gasteiger partial charge >= 0.3 is 6.09 Å². The quantitative estimate of drug-likeness (QED) is 0.885. The summed E-state index contributed by atoms with van der Waals surface area (Å²) in [7, 11) is 1.45. The molecule has 1 aliphatic heterocycles. The number of hydrazine groups is 1. The monoisotopic (exact) mass is 252 g/mol. The Balaban J connectivity index is 2.31. The van der Waals surface area contributed by atoms with E-state index in [2.05, 4.69) is 5.43 Å². The number of benzene rings is 1. The van der Waals surface area contributed by atoms with E-state index in [0.29, 0.717) is 18.0 Å². The highest BCUT2D eigenvalue weighted by atomic mass is 16.7. The molecule has 0 spiro atoms. The molecule has 0 saturated carbocycles. The number of amides is 1. The molecule has 1 aromatic carbocycles. The largest absolute Gasteiger partial charge is 0.492 e. The van der Waals surface area contributed by atoms with Crippen molar-refractivity contribution in [3.05, 3.63) is 23.8 Å². The Morgan fingerprint density at radius 2 is 2.28 bits per heavy atom. The fraction of sp³-hybridized carbons (Fsp3) is 0.417. The molecule has 1 amide bonds. The molecule has 0 aromatic heterocycles. The minimum absolute atomic E-state index is 0.520. The third kappa shape index (κ3) is 2.39. The number of methoxy groups -OCH3 is 1. The van der Waals surface area contributed by atoms with Gasteiger partial charge in [-0.15, -0.1) is 0 Å².